The first-order valence-electron chi connectivity index (χ1n) is 11.6. The van der Waals surface area contributed by atoms with Crippen LogP contribution < -0.4 is 11.1 Å². The lowest BCUT2D eigenvalue weighted by atomic mass is 9.38. The number of hydrogen-bond donors (Lipinski definition) is 2. The molecule has 3 nitrogen and oxygen atoms in total. The third-order valence-electron chi connectivity index (χ3n) is 8.91. The molecule has 5 fully saturated rings. The molecule has 4 bridgehead atoms. The van der Waals surface area contributed by atoms with Gasteiger partial charge in [0.05, 0.1) is 5.41 Å². The van der Waals surface area contributed by atoms with Crippen LogP contribution in [0.3, 0.4) is 0 Å². The van der Waals surface area contributed by atoms with Crippen molar-refractivity contribution in [1.82, 2.24) is 5.32 Å². The lowest BCUT2D eigenvalue weighted by Crippen LogP contribution is -2.63. The Morgan fingerprint density at radius 1 is 1.04 bits per heavy atom. The molecule has 0 saturated heterocycles. The zero-order valence-corrected chi connectivity index (χ0v) is 17.4. The molecule has 6 rings (SSSR count). The summed E-state index contributed by atoms with van der Waals surface area (Å²) >= 11 is 0. The fourth-order valence-electron chi connectivity index (χ4n) is 8.00. The number of rotatable bonds is 4. The van der Waals surface area contributed by atoms with Gasteiger partial charge in [-0.05, 0) is 86.5 Å². The van der Waals surface area contributed by atoms with E-state index in [0.717, 1.165) is 44.9 Å². The molecule has 2 unspecified atom stereocenters. The highest BCUT2D eigenvalue weighted by Gasteiger charge is 2.65. The normalized spacial score (nSPS) is 44.4. The summed E-state index contributed by atoms with van der Waals surface area (Å²) in [6.07, 6.45) is 12.6. The van der Waals surface area contributed by atoms with E-state index in [1.807, 2.05) is 0 Å². The molecule has 0 heterocycles. The molecule has 5 saturated carbocycles. The van der Waals surface area contributed by atoms with Gasteiger partial charge in [-0.15, -0.1) is 0 Å². The van der Waals surface area contributed by atoms with Gasteiger partial charge in [0.25, 0.3) is 0 Å². The van der Waals surface area contributed by atoms with Crippen LogP contribution in [0.1, 0.15) is 83.1 Å². The zero-order valence-electron chi connectivity index (χ0n) is 17.4. The highest BCUT2D eigenvalue weighted by atomic mass is 16.2. The van der Waals surface area contributed by atoms with E-state index in [1.165, 1.54) is 31.2 Å². The predicted molar refractivity (Wildman–Crippen MR) is 113 cm³/mol. The Hall–Kier alpha value is -1.35. The van der Waals surface area contributed by atoms with Crippen molar-refractivity contribution in [3.8, 4) is 0 Å². The molecular formula is C25H36N2O. The Morgan fingerprint density at radius 3 is 2.50 bits per heavy atom. The lowest BCUT2D eigenvalue weighted by Gasteiger charge is -2.66. The monoisotopic (exact) mass is 380 g/mol. The third kappa shape index (κ3) is 2.93. The predicted octanol–water partition coefficient (Wildman–Crippen LogP) is 4.69. The van der Waals surface area contributed by atoms with Gasteiger partial charge in [-0.2, -0.15) is 0 Å². The molecule has 4 atom stereocenters. The molecule has 5 aliphatic rings. The number of amides is 1. The van der Waals surface area contributed by atoms with Crippen LogP contribution in [0.4, 0.5) is 0 Å². The van der Waals surface area contributed by atoms with E-state index in [2.05, 4.69) is 42.6 Å². The molecule has 1 amide bonds. The minimum atomic E-state index is -0.148. The number of nitrogens with one attached hydrogen (secondary N) is 1. The molecule has 1 aromatic carbocycles. The van der Waals surface area contributed by atoms with Crippen molar-refractivity contribution in [2.75, 3.05) is 0 Å². The largest absolute Gasteiger partial charge is 0.353 e. The Kier molecular flexibility index (Phi) is 4.39. The summed E-state index contributed by atoms with van der Waals surface area (Å²) in [6.45, 7) is 2.36. The van der Waals surface area contributed by atoms with Crippen molar-refractivity contribution in [3.05, 3.63) is 35.9 Å². The number of nitrogens with two attached hydrogens (primary N) is 1. The van der Waals surface area contributed by atoms with Crippen LogP contribution in [-0.2, 0) is 10.2 Å². The molecule has 5 aliphatic carbocycles. The van der Waals surface area contributed by atoms with Crippen molar-refractivity contribution in [1.29, 1.82) is 0 Å². The van der Waals surface area contributed by atoms with Gasteiger partial charge in [-0.25, -0.2) is 0 Å². The molecule has 0 aromatic heterocycles. The maximum atomic E-state index is 13.7. The third-order valence-corrected chi connectivity index (χ3v) is 8.91. The van der Waals surface area contributed by atoms with Crippen LogP contribution >= 0.6 is 0 Å². The number of carbonyl (C=O) groups excluding carboxylic acids is 1. The maximum absolute atomic E-state index is 13.7. The quantitative estimate of drug-likeness (QED) is 0.796. The minimum absolute atomic E-state index is 0.148. The summed E-state index contributed by atoms with van der Waals surface area (Å²) in [4.78, 5) is 13.7. The van der Waals surface area contributed by atoms with Crippen LogP contribution in [0, 0.1) is 16.7 Å². The molecule has 0 aliphatic heterocycles. The summed E-state index contributed by atoms with van der Waals surface area (Å²) in [5.41, 5.74) is 7.99. The topological polar surface area (TPSA) is 55.1 Å². The summed E-state index contributed by atoms with van der Waals surface area (Å²) in [5, 5.41) is 3.51. The standard InChI is InChI=1S/C25H36N2O/c1-2-23-12-18-13-24(15-23,19-6-4-3-5-7-19)17-25(14-18,16-23)22(28)27-21-10-8-20(26)9-11-21/h3-7,18,20-21H,2,8-17,26H2,1H3,(H,27,28)/t18?,20-,21-,23-,24-,25?/m0/s1. The van der Waals surface area contributed by atoms with Crippen LogP contribution in [-0.4, -0.2) is 18.0 Å². The van der Waals surface area contributed by atoms with E-state index in [0.29, 0.717) is 29.3 Å². The lowest BCUT2D eigenvalue weighted by molar-refractivity contribution is -0.164. The van der Waals surface area contributed by atoms with Gasteiger partial charge in [0.15, 0.2) is 0 Å². The molecule has 0 spiro atoms. The number of benzene rings is 1. The SMILES string of the molecule is CC[C@@]12CC3CC(C(=O)N[C@H]4CC[C@H](N)CC4)(C1)C[C@](c1ccccc1)(C3)C2. The van der Waals surface area contributed by atoms with E-state index in [1.54, 1.807) is 0 Å². The summed E-state index contributed by atoms with van der Waals surface area (Å²) in [5.74, 6) is 1.08. The zero-order chi connectivity index (χ0) is 19.4. The van der Waals surface area contributed by atoms with Gasteiger partial charge in [0, 0.05) is 12.1 Å². The van der Waals surface area contributed by atoms with Crippen LogP contribution in [0.25, 0.3) is 0 Å². The summed E-state index contributed by atoms with van der Waals surface area (Å²) < 4.78 is 0. The van der Waals surface area contributed by atoms with Crippen LogP contribution in [0.5, 0.6) is 0 Å². The molecular weight excluding hydrogens is 344 g/mol. The van der Waals surface area contributed by atoms with Gasteiger partial charge in [-0.3, -0.25) is 4.79 Å². The van der Waals surface area contributed by atoms with E-state index in [4.69, 9.17) is 5.73 Å². The van der Waals surface area contributed by atoms with Crippen molar-refractivity contribution in [2.45, 2.75) is 95.1 Å². The van der Waals surface area contributed by atoms with Crippen molar-refractivity contribution in [3.63, 3.8) is 0 Å². The van der Waals surface area contributed by atoms with E-state index < -0.39 is 0 Å². The Labute approximate surface area is 169 Å². The fourth-order valence-corrected chi connectivity index (χ4v) is 8.00. The van der Waals surface area contributed by atoms with E-state index >= 15 is 0 Å². The number of carbonyl (C=O) groups is 1. The molecule has 1 aromatic rings. The average molecular weight is 381 g/mol. The molecule has 3 N–H and O–H groups in total. The Balaban J connectivity index is 1.45. The van der Waals surface area contributed by atoms with Gasteiger partial charge in [0.1, 0.15) is 0 Å². The van der Waals surface area contributed by atoms with Gasteiger partial charge >= 0.3 is 0 Å². The first kappa shape index (κ1) is 18.7. The second kappa shape index (κ2) is 6.58. The highest BCUT2D eigenvalue weighted by Crippen LogP contribution is 2.71. The van der Waals surface area contributed by atoms with Crippen molar-refractivity contribution >= 4 is 5.91 Å². The smallest absolute Gasteiger partial charge is 0.226 e. The van der Waals surface area contributed by atoms with Gasteiger partial charge in [-0.1, -0.05) is 43.7 Å². The Morgan fingerprint density at radius 2 is 1.79 bits per heavy atom. The molecule has 28 heavy (non-hydrogen) atoms. The van der Waals surface area contributed by atoms with E-state index in [9.17, 15) is 4.79 Å². The first-order chi connectivity index (χ1) is 13.5. The van der Waals surface area contributed by atoms with Crippen LogP contribution in [0.2, 0.25) is 0 Å². The average Bonchev–Trinajstić information content (AvgIpc) is 2.69. The highest BCUT2D eigenvalue weighted by molar-refractivity contribution is 5.84. The maximum Gasteiger partial charge on any atom is 0.226 e. The number of hydrogen-bond acceptors (Lipinski definition) is 2. The second-order valence-electron chi connectivity index (χ2n) is 10.9. The van der Waals surface area contributed by atoms with E-state index in [-0.39, 0.29) is 10.8 Å². The minimum Gasteiger partial charge on any atom is -0.353 e. The van der Waals surface area contributed by atoms with Crippen molar-refractivity contribution < 1.29 is 4.79 Å². The van der Waals surface area contributed by atoms with Gasteiger partial charge < -0.3 is 11.1 Å². The van der Waals surface area contributed by atoms with Crippen LogP contribution in [0.15, 0.2) is 30.3 Å². The fraction of sp³-hybridized carbons (Fsp3) is 0.720. The van der Waals surface area contributed by atoms with Gasteiger partial charge in [0.2, 0.25) is 5.91 Å². The molecule has 3 heteroatoms. The molecule has 0 radical (unpaired) electrons. The van der Waals surface area contributed by atoms with Crippen molar-refractivity contribution in [2.24, 2.45) is 22.5 Å². The molecule has 152 valence electrons. The Bertz CT molecular complexity index is 740. The first-order valence-corrected chi connectivity index (χ1v) is 11.6. The second-order valence-corrected chi connectivity index (χ2v) is 10.9. The summed E-state index contributed by atoms with van der Waals surface area (Å²) in [6, 6.07) is 11.8. The summed E-state index contributed by atoms with van der Waals surface area (Å²) in [7, 11) is 0.